The number of nitro benzene ring substituents is 2. The number of aromatic nitrogens is 4. The molecule has 8 rings (SSSR count). The molecule has 0 bridgehead atoms. The summed E-state index contributed by atoms with van der Waals surface area (Å²) in [6.07, 6.45) is 13.3. The second-order valence-corrected chi connectivity index (χ2v) is 14.1. The molecule has 318 valence electrons. The zero-order valence-electron chi connectivity index (χ0n) is 33.9. The Morgan fingerprint density at radius 1 is 0.717 bits per heavy atom. The maximum Gasteiger partial charge on any atom is 0.424 e. The molecule has 0 unspecified atom stereocenters. The van der Waals surface area contributed by atoms with Crippen molar-refractivity contribution < 1.29 is 38.4 Å². The summed E-state index contributed by atoms with van der Waals surface area (Å²) in [4.78, 5) is 55.3. The van der Waals surface area contributed by atoms with Gasteiger partial charge in [0.2, 0.25) is 0 Å². The van der Waals surface area contributed by atoms with E-state index in [9.17, 15) is 29.8 Å². The maximum atomic E-state index is 12.6. The van der Waals surface area contributed by atoms with Crippen LogP contribution in [0.15, 0.2) is 104 Å². The van der Waals surface area contributed by atoms with Gasteiger partial charge in [0.05, 0.1) is 21.2 Å². The number of hydrogen-bond acceptors (Lipinski definition) is 12. The summed E-state index contributed by atoms with van der Waals surface area (Å²) in [5.74, 6) is 1.38. The highest BCUT2D eigenvalue weighted by atomic mass is 16.6. The predicted octanol–water partition coefficient (Wildman–Crippen LogP) is 8.66. The van der Waals surface area contributed by atoms with Gasteiger partial charge in [0.1, 0.15) is 18.4 Å². The molecule has 0 radical (unpaired) electrons. The van der Waals surface area contributed by atoms with Crippen LogP contribution in [0.25, 0.3) is 22.5 Å². The van der Waals surface area contributed by atoms with Crippen molar-refractivity contribution in [3.63, 3.8) is 0 Å². The van der Waals surface area contributed by atoms with E-state index in [-0.39, 0.29) is 23.4 Å². The van der Waals surface area contributed by atoms with E-state index in [2.05, 4.69) is 16.9 Å². The second-order valence-electron chi connectivity index (χ2n) is 14.1. The quantitative estimate of drug-likeness (QED) is 0.112. The van der Waals surface area contributed by atoms with E-state index in [1.165, 1.54) is 84.4 Å². The molecule has 0 atom stereocenters. The Bertz CT molecular complexity index is 2120. The maximum absolute atomic E-state index is 12.6. The molecule has 3 aromatic carbocycles. The average Bonchev–Trinajstić information content (AvgIpc) is 4.13. The molecule has 17 nitrogen and oxygen atoms in total. The third-order valence-electron chi connectivity index (χ3n) is 10.0. The minimum atomic E-state index is -0.611. The fraction of sp³-hybridized carbons (Fsp3) is 0.395. The molecule has 2 aromatic heterocycles. The lowest BCUT2D eigenvalue weighted by molar-refractivity contribution is -0.385. The van der Waals surface area contributed by atoms with Gasteiger partial charge in [-0.1, -0.05) is 55.8 Å². The van der Waals surface area contributed by atoms with Crippen molar-refractivity contribution in [3.8, 4) is 28.3 Å². The van der Waals surface area contributed by atoms with Crippen LogP contribution >= 0.6 is 0 Å². The van der Waals surface area contributed by atoms with Crippen molar-refractivity contribution >= 4 is 23.5 Å². The van der Waals surface area contributed by atoms with Crippen molar-refractivity contribution in [1.29, 1.82) is 0 Å². The van der Waals surface area contributed by atoms with Gasteiger partial charge >= 0.3 is 12.1 Å². The van der Waals surface area contributed by atoms with Crippen LogP contribution in [0.5, 0.6) is 5.75 Å². The van der Waals surface area contributed by atoms with Gasteiger partial charge in [-0.2, -0.15) is 0 Å². The molecule has 0 N–H and O–H groups in total. The summed E-state index contributed by atoms with van der Waals surface area (Å²) in [5.41, 5.74) is 2.07. The van der Waals surface area contributed by atoms with E-state index in [1.807, 2.05) is 6.07 Å². The minimum Gasteiger partial charge on any atom is -0.410 e. The third-order valence-corrected chi connectivity index (χ3v) is 10.0. The SMILES string of the molecule is C1CCOC1.CCC1CCOCC1.CN(C(=O)n1cnc(-c2cccc([N+](=O)[O-])c2)c1)C1CCOCC1.O=C(Oc1ccccc1)n1cnc(-c2cccc([N+](=O)[O-])c2)c1. The first kappa shape index (κ1) is 44.8. The predicted molar refractivity (Wildman–Crippen MR) is 223 cm³/mol. The number of non-ortho nitro benzene ring substituents is 2. The van der Waals surface area contributed by atoms with Crippen LogP contribution in [-0.4, -0.2) is 98.7 Å². The van der Waals surface area contributed by atoms with Crippen LogP contribution in [0, 0.1) is 26.1 Å². The van der Waals surface area contributed by atoms with Crippen molar-refractivity contribution in [2.24, 2.45) is 5.92 Å². The number of imidazole rings is 2. The van der Waals surface area contributed by atoms with Gasteiger partial charge in [-0.25, -0.2) is 24.1 Å². The van der Waals surface area contributed by atoms with Crippen molar-refractivity contribution in [2.45, 2.75) is 57.9 Å². The number of nitro groups is 2. The lowest BCUT2D eigenvalue weighted by atomic mass is 9.98. The number of benzene rings is 3. The largest absolute Gasteiger partial charge is 0.424 e. The Balaban J connectivity index is 0.000000175. The summed E-state index contributed by atoms with van der Waals surface area (Å²) >= 11 is 0. The van der Waals surface area contributed by atoms with Crippen LogP contribution < -0.4 is 4.74 Å². The molecular formula is C43H51N7O10. The zero-order valence-corrected chi connectivity index (χ0v) is 33.9. The zero-order chi connectivity index (χ0) is 42.7. The molecule has 3 fully saturated rings. The highest BCUT2D eigenvalue weighted by Gasteiger charge is 2.24. The first-order valence-corrected chi connectivity index (χ1v) is 20.0. The summed E-state index contributed by atoms with van der Waals surface area (Å²) < 4.78 is 23.2. The van der Waals surface area contributed by atoms with Gasteiger partial charge in [0.15, 0.2) is 0 Å². The van der Waals surface area contributed by atoms with Gasteiger partial charge in [0, 0.05) is 101 Å². The van der Waals surface area contributed by atoms with Crippen molar-refractivity contribution in [1.82, 2.24) is 24.0 Å². The molecule has 3 saturated heterocycles. The first-order chi connectivity index (χ1) is 29.1. The molecule has 1 amide bonds. The highest BCUT2D eigenvalue weighted by molar-refractivity contribution is 5.78. The van der Waals surface area contributed by atoms with Crippen molar-refractivity contribution in [3.05, 3.63) is 124 Å². The van der Waals surface area contributed by atoms with Crippen LogP contribution in [0.1, 0.15) is 51.9 Å². The summed E-state index contributed by atoms with van der Waals surface area (Å²) in [7, 11) is 1.77. The van der Waals surface area contributed by atoms with E-state index in [4.69, 9.17) is 18.9 Å². The molecule has 60 heavy (non-hydrogen) atoms. The smallest absolute Gasteiger partial charge is 0.410 e. The lowest BCUT2D eigenvalue weighted by Crippen LogP contribution is -2.42. The second kappa shape index (κ2) is 23.3. The van der Waals surface area contributed by atoms with Gasteiger partial charge in [-0.05, 0) is 56.6 Å². The standard InChI is InChI=1S/C16H18N4O4.C16H11N3O4.C7H14O.C4H8O/c1-18(13-5-7-24-8-6-13)16(21)19-10-15(17-11-19)12-3-2-4-14(9-12)20(22)23;20-16(23-14-7-2-1-3-8-14)18-10-15(17-11-18)12-5-4-6-13(9-12)19(21)22;1-2-7-3-5-8-6-4-7;1-2-4-5-3-1/h2-4,9-11,13H,5-8H2,1H3;1-11H;7H,2-6H2,1H3;1-4H2. The Labute approximate surface area is 348 Å². The molecule has 5 heterocycles. The fourth-order valence-electron chi connectivity index (χ4n) is 6.42. The number of nitrogens with zero attached hydrogens (tertiary/aromatic N) is 7. The van der Waals surface area contributed by atoms with E-state index >= 15 is 0 Å². The van der Waals surface area contributed by atoms with E-state index in [0.717, 1.165) is 45.2 Å². The Morgan fingerprint density at radius 2 is 1.22 bits per heavy atom. The van der Waals surface area contributed by atoms with Crippen LogP contribution in [0.2, 0.25) is 0 Å². The van der Waals surface area contributed by atoms with Crippen LogP contribution in [-0.2, 0) is 14.2 Å². The molecule has 0 aliphatic carbocycles. The fourth-order valence-corrected chi connectivity index (χ4v) is 6.42. The average molecular weight is 826 g/mol. The van der Waals surface area contributed by atoms with Gasteiger partial charge in [-0.3, -0.25) is 24.8 Å². The Hall–Kier alpha value is -6.30. The van der Waals surface area contributed by atoms with Crippen LogP contribution in [0.4, 0.5) is 21.0 Å². The van der Waals surface area contributed by atoms with E-state index in [0.29, 0.717) is 41.5 Å². The Kier molecular flexibility index (Phi) is 17.4. The number of carbonyl (C=O) groups excluding carboxylic acids is 2. The van der Waals surface area contributed by atoms with Gasteiger partial charge < -0.3 is 23.8 Å². The van der Waals surface area contributed by atoms with E-state index < -0.39 is 15.9 Å². The summed E-state index contributed by atoms with van der Waals surface area (Å²) in [6, 6.07) is 20.9. The molecule has 3 aliphatic heterocycles. The monoisotopic (exact) mass is 825 g/mol. The number of para-hydroxylation sites is 1. The van der Waals surface area contributed by atoms with E-state index in [1.54, 1.807) is 66.7 Å². The summed E-state index contributed by atoms with van der Waals surface area (Å²) in [6.45, 7) is 7.57. The van der Waals surface area contributed by atoms with Crippen molar-refractivity contribution in [2.75, 3.05) is 46.7 Å². The third kappa shape index (κ3) is 13.6. The molecule has 3 aliphatic rings. The topological polar surface area (TPSA) is 196 Å². The number of ether oxygens (including phenoxy) is 4. The molecular weight excluding hydrogens is 775 g/mol. The Morgan fingerprint density at radius 3 is 1.70 bits per heavy atom. The molecule has 0 saturated carbocycles. The lowest BCUT2D eigenvalue weighted by Gasteiger charge is -2.30. The number of rotatable bonds is 7. The first-order valence-electron chi connectivity index (χ1n) is 20.0. The molecule has 0 spiro atoms. The van der Waals surface area contributed by atoms with Gasteiger partial charge in [-0.15, -0.1) is 0 Å². The molecule has 5 aromatic rings. The van der Waals surface area contributed by atoms with Crippen LogP contribution in [0.3, 0.4) is 0 Å². The number of hydrogen-bond donors (Lipinski definition) is 0. The number of carbonyl (C=O) groups is 2. The van der Waals surface area contributed by atoms with Gasteiger partial charge in [0.25, 0.3) is 11.4 Å². The number of amides is 1. The molecule has 17 heteroatoms. The normalized spacial score (nSPS) is 15.2. The summed E-state index contributed by atoms with van der Waals surface area (Å²) in [5, 5.41) is 21.7. The minimum absolute atomic E-state index is 0.00676. The highest BCUT2D eigenvalue weighted by Crippen LogP contribution is 2.24.